The van der Waals surface area contributed by atoms with E-state index in [1.165, 1.54) is 6.07 Å². The Labute approximate surface area is 133 Å². The lowest BCUT2D eigenvalue weighted by Crippen LogP contribution is -2.25. The molecule has 4 nitrogen and oxygen atoms in total. The zero-order valence-corrected chi connectivity index (χ0v) is 12.7. The Morgan fingerprint density at radius 3 is 2.83 bits per heavy atom. The minimum absolute atomic E-state index is 0.173. The molecule has 1 fully saturated rings. The molecule has 1 aliphatic heterocycles. The van der Waals surface area contributed by atoms with Crippen LogP contribution >= 0.6 is 0 Å². The summed E-state index contributed by atoms with van der Waals surface area (Å²) in [5.41, 5.74) is 1.45. The van der Waals surface area contributed by atoms with Crippen LogP contribution in [0, 0.1) is 11.6 Å². The quantitative estimate of drug-likeness (QED) is 0.941. The number of rotatable bonds is 4. The van der Waals surface area contributed by atoms with Crippen LogP contribution in [0.5, 0.6) is 5.75 Å². The molecule has 0 spiro atoms. The van der Waals surface area contributed by atoms with Crippen LogP contribution in [0.1, 0.15) is 23.7 Å². The van der Waals surface area contributed by atoms with Gasteiger partial charge in [-0.1, -0.05) is 6.07 Å². The van der Waals surface area contributed by atoms with Crippen molar-refractivity contribution in [2.45, 2.75) is 25.1 Å². The summed E-state index contributed by atoms with van der Waals surface area (Å²) in [7, 11) is 1.59. The number of hydrogen-bond donors (Lipinski definition) is 1. The zero-order valence-electron chi connectivity index (χ0n) is 12.7. The molecule has 1 aromatic heterocycles. The highest BCUT2D eigenvalue weighted by molar-refractivity contribution is 5.25. The van der Waals surface area contributed by atoms with Gasteiger partial charge in [0, 0.05) is 31.4 Å². The molecule has 0 aliphatic carbocycles. The number of β-amino-alcohol motifs (C(OH)–C–C–N with tert-alkyl or cyclic N) is 1. The number of halogens is 2. The van der Waals surface area contributed by atoms with Crippen LogP contribution in [0.2, 0.25) is 0 Å². The molecule has 0 unspecified atom stereocenters. The van der Waals surface area contributed by atoms with E-state index in [4.69, 9.17) is 4.74 Å². The lowest BCUT2D eigenvalue weighted by atomic mass is 10.0. The number of aliphatic hydroxyl groups excluding tert-OH is 1. The minimum atomic E-state index is -0.872. The number of ether oxygens (including phenoxy) is 1. The highest BCUT2D eigenvalue weighted by atomic mass is 19.2. The zero-order chi connectivity index (χ0) is 16.4. The molecule has 23 heavy (non-hydrogen) atoms. The number of pyridine rings is 1. The van der Waals surface area contributed by atoms with E-state index < -0.39 is 17.7 Å². The molecule has 6 heteroatoms. The van der Waals surface area contributed by atoms with E-state index in [1.54, 1.807) is 25.4 Å². The molecule has 1 N–H and O–H groups in total. The van der Waals surface area contributed by atoms with Crippen LogP contribution in [0.25, 0.3) is 0 Å². The van der Waals surface area contributed by atoms with Gasteiger partial charge in [0.2, 0.25) is 0 Å². The van der Waals surface area contributed by atoms with Crippen molar-refractivity contribution in [3.8, 4) is 5.75 Å². The van der Waals surface area contributed by atoms with Crippen molar-refractivity contribution in [2.24, 2.45) is 0 Å². The molecule has 3 rings (SSSR count). The predicted octanol–water partition coefficient (Wildman–Crippen LogP) is 2.68. The topological polar surface area (TPSA) is 45.6 Å². The summed E-state index contributed by atoms with van der Waals surface area (Å²) >= 11 is 0. The number of nitrogens with zero attached hydrogens (tertiary/aromatic N) is 2. The lowest BCUT2D eigenvalue weighted by molar-refractivity contribution is 0.172. The number of benzene rings is 1. The van der Waals surface area contributed by atoms with Crippen molar-refractivity contribution in [1.82, 2.24) is 9.88 Å². The first-order valence-electron chi connectivity index (χ1n) is 7.43. The SMILES string of the molecule is COc1ccnc(CN2C[C@H](O)C[C@H]2c2ccc(F)c(F)c2)c1. The summed E-state index contributed by atoms with van der Waals surface area (Å²) in [5.74, 6) is -1.03. The van der Waals surface area contributed by atoms with E-state index >= 15 is 0 Å². The molecule has 0 saturated carbocycles. The molecule has 2 heterocycles. The highest BCUT2D eigenvalue weighted by Crippen LogP contribution is 2.34. The molecule has 0 amide bonds. The fourth-order valence-electron chi connectivity index (χ4n) is 3.00. The van der Waals surface area contributed by atoms with E-state index in [2.05, 4.69) is 4.98 Å². The monoisotopic (exact) mass is 320 g/mol. The summed E-state index contributed by atoms with van der Waals surface area (Å²) in [6.07, 6.45) is 1.64. The maximum Gasteiger partial charge on any atom is 0.159 e. The molecule has 0 bridgehead atoms. The fourth-order valence-corrected chi connectivity index (χ4v) is 3.00. The van der Waals surface area contributed by atoms with Crippen molar-refractivity contribution in [3.05, 3.63) is 59.4 Å². The molecular formula is C17H18F2N2O2. The van der Waals surface area contributed by atoms with Gasteiger partial charge >= 0.3 is 0 Å². The van der Waals surface area contributed by atoms with E-state index in [1.807, 2.05) is 11.0 Å². The number of aromatic nitrogens is 1. The van der Waals surface area contributed by atoms with Crippen molar-refractivity contribution >= 4 is 0 Å². The summed E-state index contributed by atoms with van der Waals surface area (Å²) in [5, 5.41) is 9.98. The number of methoxy groups -OCH3 is 1. The average molecular weight is 320 g/mol. The summed E-state index contributed by atoms with van der Waals surface area (Å²) in [4.78, 5) is 6.31. The third-order valence-corrected chi connectivity index (χ3v) is 4.10. The van der Waals surface area contributed by atoms with Gasteiger partial charge in [-0.3, -0.25) is 9.88 Å². The summed E-state index contributed by atoms with van der Waals surface area (Å²) in [6, 6.07) is 7.30. The van der Waals surface area contributed by atoms with Gasteiger partial charge in [0.05, 0.1) is 18.9 Å². The van der Waals surface area contributed by atoms with Crippen molar-refractivity contribution < 1.29 is 18.6 Å². The van der Waals surface area contributed by atoms with Gasteiger partial charge in [-0.15, -0.1) is 0 Å². The third kappa shape index (κ3) is 3.48. The summed E-state index contributed by atoms with van der Waals surface area (Å²) in [6.45, 7) is 0.959. The molecule has 122 valence electrons. The highest BCUT2D eigenvalue weighted by Gasteiger charge is 2.32. The van der Waals surface area contributed by atoms with Crippen molar-refractivity contribution in [1.29, 1.82) is 0 Å². The molecule has 0 radical (unpaired) electrons. The van der Waals surface area contributed by atoms with E-state index in [0.29, 0.717) is 30.8 Å². The average Bonchev–Trinajstić information content (AvgIpc) is 2.90. The third-order valence-electron chi connectivity index (χ3n) is 4.10. The predicted molar refractivity (Wildman–Crippen MR) is 80.9 cm³/mol. The smallest absolute Gasteiger partial charge is 0.159 e. The first kappa shape index (κ1) is 15.8. The van der Waals surface area contributed by atoms with Gasteiger partial charge in [0.25, 0.3) is 0 Å². The standard InChI is InChI=1S/C17H18F2N2O2/c1-23-14-4-5-20-12(7-14)9-21-10-13(22)8-17(21)11-2-3-15(18)16(19)6-11/h2-7,13,17,22H,8-10H2,1H3/t13-,17+/m1/s1. The van der Waals surface area contributed by atoms with Gasteiger partial charge in [0.1, 0.15) is 5.75 Å². The van der Waals surface area contributed by atoms with Crippen LogP contribution in [-0.4, -0.2) is 34.7 Å². The van der Waals surface area contributed by atoms with Gasteiger partial charge in [0.15, 0.2) is 11.6 Å². The largest absolute Gasteiger partial charge is 0.497 e. The Morgan fingerprint density at radius 1 is 1.26 bits per heavy atom. The molecule has 2 atom stereocenters. The van der Waals surface area contributed by atoms with Gasteiger partial charge in [-0.2, -0.15) is 0 Å². The normalized spacial score (nSPS) is 21.6. The maximum absolute atomic E-state index is 13.5. The van der Waals surface area contributed by atoms with Crippen LogP contribution < -0.4 is 4.74 Å². The molecule has 1 aromatic carbocycles. The fraction of sp³-hybridized carbons (Fsp3) is 0.353. The van der Waals surface area contributed by atoms with E-state index in [9.17, 15) is 13.9 Å². The molecule has 1 saturated heterocycles. The second-order valence-corrected chi connectivity index (χ2v) is 5.70. The van der Waals surface area contributed by atoms with Gasteiger partial charge < -0.3 is 9.84 Å². The van der Waals surface area contributed by atoms with Crippen LogP contribution in [0.3, 0.4) is 0 Å². The van der Waals surface area contributed by atoms with Crippen LogP contribution in [-0.2, 0) is 6.54 Å². The first-order valence-corrected chi connectivity index (χ1v) is 7.43. The molecular weight excluding hydrogens is 302 g/mol. The molecule has 2 aromatic rings. The van der Waals surface area contributed by atoms with Crippen molar-refractivity contribution in [2.75, 3.05) is 13.7 Å². The second-order valence-electron chi connectivity index (χ2n) is 5.70. The van der Waals surface area contributed by atoms with E-state index in [-0.39, 0.29) is 6.04 Å². The lowest BCUT2D eigenvalue weighted by Gasteiger charge is -2.24. The Balaban J connectivity index is 1.82. The van der Waals surface area contributed by atoms with Crippen LogP contribution in [0.4, 0.5) is 8.78 Å². The maximum atomic E-state index is 13.5. The van der Waals surface area contributed by atoms with Crippen molar-refractivity contribution in [3.63, 3.8) is 0 Å². The number of aliphatic hydroxyl groups is 1. The Morgan fingerprint density at radius 2 is 2.09 bits per heavy atom. The van der Waals surface area contributed by atoms with Gasteiger partial charge in [-0.25, -0.2) is 8.78 Å². The first-order chi connectivity index (χ1) is 11.1. The Hall–Kier alpha value is -2.05. The minimum Gasteiger partial charge on any atom is -0.497 e. The number of likely N-dealkylation sites (tertiary alicyclic amines) is 1. The van der Waals surface area contributed by atoms with E-state index in [0.717, 1.165) is 11.8 Å². The summed E-state index contributed by atoms with van der Waals surface area (Å²) < 4.78 is 31.8. The second kappa shape index (κ2) is 6.60. The van der Waals surface area contributed by atoms with Crippen LogP contribution in [0.15, 0.2) is 36.5 Å². The number of hydrogen-bond acceptors (Lipinski definition) is 4. The van der Waals surface area contributed by atoms with Gasteiger partial charge in [-0.05, 0) is 30.2 Å². The Kier molecular flexibility index (Phi) is 4.54. The Bertz CT molecular complexity index is 696. The molecule has 1 aliphatic rings.